The number of aliphatic carboxylic acids is 1. The standard InChI is InChI=1S/C14H15F2N3O3/c1-8-2-9(18-7-17-8)10(20)19-13(11(21)22)3-12(4-13)5-14(15,16)6-12/h2,7H,3-6H2,1H3,(H,19,20)(H,21,22). The van der Waals surface area contributed by atoms with Crippen molar-refractivity contribution >= 4 is 11.9 Å². The van der Waals surface area contributed by atoms with Crippen LogP contribution in [-0.2, 0) is 4.79 Å². The van der Waals surface area contributed by atoms with E-state index < -0.39 is 28.8 Å². The van der Waals surface area contributed by atoms with Crippen molar-refractivity contribution in [2.45, 2.75) is 44.1 Å². The van der Waals surface area contributed by atoms with Crippen LogP contribution in [0, 0.1) is 12.3 Å². The summed E-state index contributed by atoms with van der Waals surface area (Å²) in [5, 5.41) is 11.8. The van der Waals surface area contributed by atoms with Gasteiger partial charge in [0.2, 0.25) is 5.92 Å². The molecule has 1 aromatic rings. The fourth-order valence-electron chi connectivity index (χ4n) is 3.68. The smallest absolute Gasteiger partial charge is 0.329 e. The van der Waals surface area contributed by atoms with Crippen LogP contribution in [0.3, 0.4) is 0 Å². The van der Waals surface area contributed by atoms with Crippen molar-refractivity contribution in [3.05, 3.63) is 23.8 Å². The van der Waals surface area contributed by atoms with Crippen LogP contribution in [0.15, 0.2) is 12.4 Å². The minimum Gasteiger partial charge on any atom is -0.480 e. The molecule has 2 fully saturated rings. The largest absolute Gasteiger partial charge is 0.480 e. The molecule has 1 amide bonds. The summed E-state index contributed by atoms with van der Waals surface area (Å²) in [6.45, 7) is 1.68. The monoisotopic (exact) mass is 311 g/mol. The summed E-state index contributed by atoms with van der Waals surface area (Å²) in [5.41, 5.74) is -1.50. The minimum atomic E-state index is -2.71. The molecular formula is C14H15F2N3O3. The number of carboxylic acids is 1. The summed E-state index contributed by atoms with van der Waals surface area (Å²) >= 11 is 0. The molecule has 0 unspecified atom stereocenters. The highest BCUT2D eigenvalue weighted by Crippen LogP contribution is 2.65. The maximum absolute atomic E-state index is 13.0. The summed E-state index contributed by atoms with van der Waals surface area (Å²) < 4.78 is 26.1. The molecule has 6 nitrogen and oxygen atoms in total. The van der Waals surface area contributed by atoms with Crippen molar-refractivity contribution in [2.75, 3.05) is 0 Å². The van der Waals surface area contributed by atoms with E-state index in [4.69, 9.17) is 0 Å². The molecule has 8 heteroatoms. The van der Waals surface area contributed by atoms with Crippen molar-refractivity contribution in [3.63, 3.8) is 0 Å². The van der Waals surface area contributed by atoms with Crippen molar-refractivity contribution < 1.29 is 23.5 Å². The van der Waals surface area contributed by atoms with E-state index in [1.165, 1.54) is 12.4 Å². The molecule has 1 aromatic heterocycles. The molecule has 22 heavy (non-hydrogen) atoms. The molecule has 2 aliphatic carbocycles. The van der Waals surface area contributed by atoms with Gasteiger partial charge in [0.15, 0.2) is 0 Å². The molecular weight excluding hydrogens is 296 g/mol. The Balaban J connectivity index is 1.72. The zero-order valence-electron chi connectivity index (χ0n) is 11.9. The highest BCUT2D eigenvalue weighted by molar-refractivity contribution is 5.97. The van der Waals surface area contributed by atoms with Crippen LogP contribution in [0.25, 0.3) is 0 Å². The Hall–Kier alpha value is -2.12. The third-order valence-electron chi connectivity index (χ3n) is 4.42. The Morgan fingerprint density at radius 1 is 1.23 bits per heavy atom. The first-order valence-corrected chi connectivity index (χ1v) is 6.88. The number of hydrogen-bond acceptors (Lipinski definition) is 4. The Bertz CT molecular complexity index is 646. The van der Waals surface area contributed by atoms with Gasteiger partial charge in [0.25, 0.3) is 5.91 Å². The SMILES string of the molecule is Cc1cc(C(=O)NC2(C(=O)O)CC3(CC(F)(F)C3)C2)ncn1. The number of amides is 1. The molecule has 3 rings (SSSR count). The first kappa shape index (κ1) is 14.8. The molecule has 1 heterocycles. The van der Waals surface area contributed by atoms with E-state index in [2.05, 4.69) is 15.3 Å². The van der Waals surface area contributed by atoms with Gasteiger partial charge in [-0.15, -0.1) is 0 Å². The van der Waals surface area contributed by atoms with E-state index in [9.17, 15) is 23.5 Å². The van der Waals surface area contributed by atoms with Crippen LogP contribution < -0.4 is 5.32 Å². The van der Waals surface area contributed by atoms with Crippen molar-refractivity contribution in [1.82, 2.24) is 15.3 Å². The van der Waals surface area contributed by atoms with Gasteiger partial charge in [0.1, 0.15) is 17.6 Å². The van der Waals surface area contributed by atoms with Crippen molar-refractivity contribution in [3.8, 4) is 0 Å². The van der Waals surface area contributed by atoms with Gasteiger partial charge in [-0.1, -0.05) is 0 Å². The number of aromatic nitrogens is 2. The molecule has 2 N–H and O–H groups in total. The normalized spacial score (nSPS) is 23.2. The highest BCUT2D eigenvalue weighted by Gasteiger charge is 2.69. The number of aryl methyl sites for hydroxylation is 1. The molecule has 1 spiro atoms. The Labute approximate surface area is 125 Å². The average Bonchev–Trinajstić information content (AvgIpc) is 2.33. The van der Waals surface area contributed by atoms with Gasteiger partial charge in [-0.2, -0.15) is 0 Å². The number of hydrogen-bond donors (Lipinski definition) is 2. The fourth-order valence-corrected chi connectivity index (χ4v) is 3.68. The third kappa shape index (κ3) is 2.32. The molecule has 0 atom stereocenters. The number of nitrogens with zero attached hydrogens (tertiary/aromatic N) is 2. The second-order valence-corrected chi connectivity index (χ2v) is 6.45. The lowest BCUT2D eigenvalue weighted by Crippen LogP contribution is -2.71. The zero-order valence-corrected chi connectivity index (χ0v) is 11.9. The summed E-state index contributed by atoms with van der Waals surface area (Å²) in [5.74, 6) is -4.54. The van der Waals surface area contributed by atoms with Gasteiger partial charge in [0.05, 0.1) is 0 Å². The van der Waals surface area contributed by atoms with Crippen molar-refractivity contribution in [2.24, 2.45) is 5.41 Å². The number of carbonyl (C=O) groups excluding carboxylic acids is 1. The number of nitrogens with one attached hydrogen (secondary N) is 1. The molecule has 0 bridgehead atoms. The molecule has 0 aromatic carbocycles. The third-order valence-corrected chi connectivity index (χ3v) is 4.42. The van der Waals surface area contributed by atoms with E-state index in [0.29, 0.717) is 5.69 Å². The fraction of sp³-hybridized carbons (Fsp3) is 0.571. The maximum Gasteiger partial charge on any atom is 0.329 e. The van der Waals surface area contributed by atoms with Crippen LogP contribution in [0.4, 0.5) is 8.78 Å². The summed E-state index contributed by atoms with van der Waals surface area (Å²) in [6.07, 6.45) is 0.656. The maximum atomic E-state index is 13.0. The molecule has 2 aliphatic rings. The number of halogens is 2. The van der Waals surface area contributed by atoms with E-state index >= 15 is 0 Å². The number of rotatable bonds is 3. The Morgan fingerprint density at radius 2 is 1.86 bits per heavy atom. The molecule has 0 aliphatic heterocycles. The predicted octanol–water partition coefficient (Wildman–Crippen LogP) is 1.55. The minimum absolute atomic E-state index is 0.0285. The molecule has 2 saturated carbocycles. The van der Waals surface area contributed by atoms with Gasteiger partial charge in [-0.05, 0) is 31.2 Å². The Morgan fingerprint density at radius 3 is 2.36 bits per heavy atom. The van der Waals surface area contributed by atoms with E-state index in [1.54, 1.807) is 6.92 Å². The van der Waals surface area contributed by atoms with E-state index in [1.807, 2.05) is 0 Å². The summed E-state index contributed by atoms with van der Waals surface area (Å²) in [6, 6.07) is 1.44. The van der Waals surface area contributed by atoms with Gasteiger partial charge in [-0.25, -0.2) is 23.5 Å². The second kappa shape index (κ2) is 4.44. The van der Waals surface area contributed by atoms with Gasteiger partial charge in [-0.3, -0.25) is 4.79 Å². The lowest BCUT2D eigenvalue weighted by atomic mass is 9.47. The molecule has 0 saturated heterocycles. The van der Waals surface area contributed by atoms with E-state index in [0.717, 1.165) is 0 Å². The van der Waals surface area contributed by atoms with Crippen LogP contribution in [0.2, 0.25) is 0 Å². The quantitative estimate of drug-likeness (QED) is 0.883. The number of carbonyl (C=O) groups is 2. The number of alkyl halides is 2. The first-order valence-electron chi connectivity index (χ1n) is 6.88. The lowest BCUT2D eigenvalue weighted by molar-refractivity contribution is -0.220. The van der Waals surface area contributed by atoms with Gasteiger partial charge in [0, 0.05) is 18.5 Å². The zero-order chi connectivity index (χ0) is 16.2. The topological polar surface area (TPSA) is 92.2 Å². The molecule has 118 valence electrons. The van der Waals surface area contributed by atoms with Crippen molar-refractivity contribution in [1.29, 1.82) is 0 Å². The predicted molar refractivity (Wildman–Crippen MR) is 70.5 cm³/mol. The van der Waals surface area contributed by atoms with Crippen LogP contribution in [0.5, 0.6) is 0 Å². The van der Waals surface area contributed by atoms with E-state index in [-0.39, 0.29) is 31.4 Å². The summed E-state index contributed by atoms with van der Waals surface area (Å²) in [4.78, 5) is 31.3. The second-order valence-electron chi connectivity index (χ2n) is 6.45. The lowest BCUT2D eigenvalue weighted by Gasteiger charge is -2.61. The van der Waals surface area contributed by atoms with Gasteiger partial charge < -0.3 is 10.4 Å². The van der Waals surface area contributed by atoms with Crippen LogP contribution >= 0.6 is 0 Å². The summed E-state index contributed by atoms with van der Waals surface area (Å²) in [7, 11) is 0. The molecule has 0 radical (unpaired) electrons. The van der Waals surface area contributed by atoms with Gasteiger partial charge >= 0.3 is 5.97 Å². The van der Waals surface area contributed by atoms with Crippen LogP contribution in [0.1, 0.15) is 41.9 Å². The van der Waals surface area contributed by atoms with Crippen LogP contribution in [-0.4, -0.2) is 38.4 Å². The average molecular weight is 311 g/mol. The first-order chi connectivity index (χ1) is 10.2. The Kier molecular flexibility index (Phi) is 2.99. The number of carboxylic acid groups (broad SMARTS) is 1. The highest BCUT2D eigenvalue weighted by atomic mass is 19.3.